The van der Waals surface area contributed by atoms with Gasteiger partial charge in [0.1, 0.15) is 11.5 Å². The smallest absolute Gasteiger partial charge is 0.321 e. The third-order valence-corrected chi connectivity index (χ3v) is 6.63. The Labute approximate surface area is 192 Å². The van der Waals surface area contributed by atoms with Crippen LogP contribution in [0.1, 0.15) is 18.0 Å². The van der Waals surface area contributed by atoms with Crippen LogP contribution in [0.25, 0.3) is 11.1 Å². The molecule has 2 amide bonds. The molecule has 2 aliphatic heterocycles. The van der Waals surface area contributed by atoms with Gasteiger partial charge in [-0.1, -0.05) is 24.3 Å². The number of hydrogen-bond donors (Lipinski definition) is 1. The lowest BCUT2D eigenvalue weighted by atomic mass is 9.80. The number of nitrogens with zero attached hydrogens (tertiary/aromatic N) is 2. The summed E-state index contributed by atoms with van der Waals surface area (Å²) in [6.07, 6.45) is 0.963. The van der Waals surface area contributed by atoms with Crippen LogP contribution in [-0.4, -0.2) is 42.8 Å². The van der Waals surface area contributed by atoms with Crippen molar-refractivity contribution in [2.75, 3.05) is 32.6 Å². The number of hydrogen-bond acceptors (Lipinski definition) is 4. The zero-order valence-electron chi connectivity index (χ0n) is 18.8. The van der Waals surface area contributed by atoms with Gasteiger partial charge in [0.25, 0.3) is 5.56 Å². The van der Waals surface area contributed by atoms with E-state index in [1.165, 1.54) is 0 Å². The Kier molecular flexibility index (Phi) is 5.54. The lowest BCUT2D eigenvalue weighted by Gasteiger charge is -2.43. The summed E-state index contributed by atoms with van der Waals surface area (Å²) in [6, 6.07) is 18.7. The van der Waals surface area contributed by atoms with Crippen LogP contribution in [0.3, 0.4) is 0 Å². The molecule has 1 fully saturated rings. The number of anilines is 1. The van der Waals surface area contributed by atoms with Gasteiger partial charge >= 0.3 is 6.03 Å². The van der Waals surface area contributed by atoms with Crippen molar-refractivity contribution in [2.45, 2.75) is 18.9 Å². The molecule has 1 saturated heterocycles. The Bertz CT molecular complexity index is 1240. The van der Waals surface area contributed by atoms with Crippen LogP contribution >= 0.6 is 0 Å². The third-order valence-electron chi connectivity index (χ3n) is 6.63. The van der Waals surface area contributed by atoms with Crippen LogP contribution in [0, 0.1) is 5.92 Å². The fourth-order valence-corrected chi connectivity index (χ4v) is 5.14. The Morgan fingerprint density at radius 2 is 1.73 bits per heavy atom. The molecule has 0 spiro atoms. The number of piperidine rings is 1. The highest BCUT2D eigenvalue weighted by atomic mass is 16.5. The summed E-state index contributed by atoms with van der Waals surface area (Å²) in [7, 11) is 3.23. The summed E-state index contributed by atoms with van der Waals surface area (Å²) >= 11 is 0. The van der Waals surface area contributed by atoms with Gasteiger partial charge in [-0.2, -0.15) is 0 Å². The van der Waals surface area contributed by atoms with E-state index in [2.05, 4.69) is 5.32 Å². The fraction of sp³-hybridized carbons (Fsp3) is 0.308. The molecule has 2 aromatic carbocycles. The zero-order chi connectivity index (χ0) is 22.9. The highest BCUT2D eigenvalue weighted by Crippen LogP contribution is 2.40. The molecule has 2 unspecified atom stereocenters. The van der Waals surface area contributed by atoms with Crippen molar-refractivity contribution >= 4 is 11.7 Å². The monoisotopic (exact) mass is 445 g/mol. The maximum absolute atomic E-state index is 13.1. The number of para-hydroxylation sites is 2. The molecule has 7 nitrogen and oxygen atoms in total. The maximum Gasteiger partial charge on any atom is 0.321 e. The van der Waals surface area contributed by atoms with Gasteiger partial charge in [-0.15, -0.1) is 0 Å². The number of aromatic nitrogens is 1. The SMILES string of the molecule is COc1ccc(-c2ccc(=O)n3c2C2CC(CN(C(=O)Nc4ccccc4OC)C2)C3)cc1. The van der Waals surface area contributed by atoms with E-state index < -0.39 is 0 Å². The molecule has 5 rings (SSSR count). The highest BCUT2D eigenvalue weighted by Gasteiger charge is 2.38. The first-order chi connectivity index (χ1) is 16.1. The topological polar surface area (TPSA) is 72.8 Å². The van der Waals surface area contributed by atoms with Gasteiger partial charge in [-0.25, -0.2) is 4.79 Å². The molecule has 2 bridgehead atoms. The van der Waals surface area contributed by atoms with E-state index in [1.807, 2.05) is 64.1 Å². The van der Waals surface area contributed by atoms with E-state index in [0.717, 1.165) is 29.0 Å². The van der Waals surface area contributed by atoms with E-state index in [4.69, 9.17) is 9.47 Å². The molecule has 2 aliphatic rings. The molecule has 170 valence electrons. The number of amides is 2. The fourth-order valence-electron chi connectivity index (χ4n) is 5.14. The average Bonchev–Trinajstić information content (AvgIpc) is 2.85. The summed E-state index contributed by atoms with van der Waals surface area (Å²) < 4.78 is 12.6. The van der Waals surface area contributed by atoms with Crippen molar-refractivity contribution in [1.82, 2.24) is 9.47 Å². The van der Waals surface area contributed by atoms with Gasteiger partial charge in [-0.3, -0.25) is 4.79 Å². The molecule has 3 aromatic rings. The maximum atomic E-state index is 13.1. The van der Waals surface area contributed by atoms with E-state index in [1.54, 1.807) is 20.3 Å². The number of ether oxygens (including phenoxy) is 2. The van der Waals surface area contributed by atoms with Crippen molar-refractivity contribution in [3.05, 3.63) is 76.7 Å². The molecular formula is C26H27N3O4. The van der Waals surface area contributed by atoms with E-state index in [9.17, 15) is 9.59 Å². The molecule has 7 heteroatoms. The van der Waals surface area contributed by atoms with E-state index in [-0.39, 0.29) is 23.4 Å². The summed E-state index contributed by atoms with van der Waals surface area (Å²) in [5, 5.41) is 2.99. The Morgan fingerprint density at radius 1 is 0.939 bits per heavy atom. The molecule has 0 radical (unpaired) electrons. The first-order valence-electron chi connectivity index (χ1n) is 11.1. The second-order valence-corrected chi connectivity index (χ2v) is 8.64. The van der Waals surface area contributed by atoms with Gasteiger partial charge in [0, 0.05) is 42.9 Å². The van der Waals surface area contributed by atoms with Crippen LogP contribution in [0.5, 0.6) is 11.5 Å². The highest BCUT2D eigenvalue weighted by molar-refractivity contribution is 5.91. The molecule has 0 saturated carbocycles. The van der Waals surface area contributed by atoms with E-state index in [0.29, 0.717) is 31.1 Å². The molecule has 1 N–H and O–H groups in total. The first-order valence-corrected chi connectivity index (χ1v) is 11.1. The average molecular weight is 446 g/mol. The Balaban J connectivity index is 1.45. The summed E-state index contributed by atoms with van der Waals surface area (Å²) in [5.41, 5.74) is 3.75. The molecule has 2 atom stereocenters. The van der Waals surface area contributed by atoms with Crippen molar-refractivity contribution in [2.24, 2.45) is 5.92 Å². The molecule has 1 aromatic heterocycles. The number of rotatable bonds is 4. The largest absolute Gasteiger partial charge is 0.497 e. The lowest BCUT2D eigenvalue weighted by molar-refractivity contribution is 0.140. The lowest BCUT2D eigenvalue weighted by Crippen LogP contribution is -2.50. The predicted octanol–water partition coefficient (Wildman–Crippen LogP) is 4.18. The van der Waals surface area contributed by atoms with Gasteiger partial charge in [0.15, 0.2) is 0 Å². The number of carbonyl (C=O) groups excluding carboxylic acids is 1. The number of pyridine rings is 1. The number of fused-ring (bicyclic) bond motifs is 4. The van der Waals surface area contributed by atoms with Crippen LogP contribution < -0.4 is 20.3 Å². The van der Waals surface area contributed by atoms with Crippen molar-refractivity contribution in [3.8, 4) is 22.6 Å². The Morgan fingerprint density at radius 3 is 2.48 bits per heavy atom. The number of benzene rings is 2. The van der Waals surface area contributed by atoms with Gasteiger partial charge < -0.3 is 24.3 Å². The molecular weight excluding hydrogens is 418 g/mol. The number of carbonyl (C=O) groups is 1. The van der Waals surface area contributed by atoms with Crippen LogP contribution in [0.15, 0.2) is 65.5 Å². The van der Waals surface area contributed by atoms with Gasteiger partial charge in [-0.05, 0) is 48.2 Å². The minimum Gasteiger partial charge on any atom is -0.497 e. The quantitative estimate of drug-likeness (QED) is 0.654. The summed E-state index contributed by atoms with van der Waals surface area (Å²) in [6.45, 7) is 1.80. The summed E-state index contributed by atoms with van der Waals surface area (Å²) in [5.74, 6) is 1.75. The number of methoxy groups -OCH3 is 2. The van der Waals surface area contributed by atoms with Crippen LogP contribution in [0.4, 0.5) is 10.5 Å². The number of likely N-dealkylation sites (tertiary alicyclic amines) is 1. The third kappa shape index (κ3) is 3.95. The first kappa shape index (κ1) is 21.1. The van der Waals surface area contributed by atoms with Crippen molar-refractivity contribution < 1.29 is 14.3 Å². The van der Waals surface area contributed by atoms with Gasteiger partial charge in [0.05, 0.1) is 19.9 Å². The molecule has 33 heavy (non-hydrogen) atoms. The van der Waals surface area contributed by atoms with Crippen molar-refractivity contribution in [1.29, 1.82) is 0 Å². The van der Waals surface area contributed by atoms with E-state index >= 15 is 0 Å². The second-order valence-electron chi connectivity index (χ2n) is 8.64. The summed E-state index contributed by atoms with van der Waals surface area (Å²) in [4.78, 5) is 27.8. The van der Waals surface area contributed by atoms with Crippen LogP contribution in [0.2, 0.25) is 0 Å². The minimum atomic E-state index is -0.146. The molecule has 0 aliphatic carbocycles. The normalized spacial score (nSPS) is 18.9. The second kappa shape index (κ2) is 8.65. The molecule has 3 heterocycles. The number of urea groups is 1. The standard InChI is InChI=1S/C26H27N3O4/c1-32-20-9-7-18(8-10-20)21-11-12-24(30)29-15-17-13-19(25(21)29)16-28(14-17)26(31)27-22-5-3-4-6-23(22)33-2/h3-12,17,19H,13-16H2,1-2H3,(H,27,31). The zero-order valence-corrected chi connectivity index (χ0v) is 18.8. The van der Waals surface area contributed by atoms with Gasteiger partial charge in [0.2, 0.25) is 0 Å². The number of nitrogens with one attached hydrogen (secondary N) is 1. The van der Waals surface area contributed by atoms with Crippen LogP contribution in [-0.2, 0) is 6.54 Å². The van der Waals surface area contributed by atoms with Crippen molar-refractivity contribution in [3.63, 3.8) is 0 Å². The minimum absolute atomic E-state index is 0.0175. The Hall–Kier alpha value is -3.74. The predicted molar refractivity (Wildman–Crippen MR) is 127 cm³/mol.